The van der Waals surface area contributed by atoms with Crippen molar-refractivity contribution in [3.63, 3.8) is 0 Å². The number of aliphatic hydroxyl groups is 1. The molecule has 3 rings (SSSR count). The van der Waals surface area contributed by atoms with Gasteiger partial charge in [-0.15, -0.1) is 0 Å². The molecule has 0 bridgehead atoms. The van der Waals surface area contributed by atoms with Crippen LogP contribution >= 0.6 is 0 Å². The number of hydrogen-bond acceptors (Lipinski definition) is 4. The summed E-state index contributed by atoms with van der Waals surface area (Å²) in [5.74, 6) is -0.0156. The minimum absolute atomic E-state index is 0.241. The molecule has 0 amide bonds. The van der Waals surface area contributed by atoms with Crippen molar-refractivity contribution in [3.8, 4) is 0 Å². The molecule has 1 unspecified atom stereocenters. The van der Waals surface area contributed by atoms with Crippen LogP contribution in [0.25, 0.3) is 21.9 Å². The summed E-state index contributed by atoms with van der Waals surface area (Å²) in [6.07, 6.45) is -1.64. The Morgan fingerprint density at radius 2 is 1.84 bits per heavy atom. The fourth-order valence-corrected chi connectivity index (χ4v) is 2.36. The molecule has 0 saturated carbocycles. The van der Waals surface area contributed by atoms with E-state index in [1.807, 2.05) is 0 Å². The second kappa shape index (κ2) is 3.86. The summed E-state index contributed by atoms with van der Waals surface area (Å²) in [4.78, 5) is 11.1. The number of carbonyl (C=O) groups is 1. The molecule has 1 aromatic carbocycles. The molecule has 2 heterocycles. The largest absolute Gasteiger partial charge is 0.479 e. The molecule has 5 nitrogen and oxygen atoms in total. The van der Waals surface area contributed by atoms with Crippen molar-refractivity contribution >= 4 is 27.9 Å². The average Bonchev–Trinajstić information content (AvgIpc) is 2.85. The summed E-state index contributed by atoms with van der Waals surface area (Å²) >= 11 is 0. The summed E-state index contributed by atoms with van der Waals surface area (Å²) in [6.45, 7) is 3.54. The first-order valence-electron chi connectivity index (χ1n) is 5.81. The van der Waals surface area contributed by atoms with Crippen molar-refractivity contribution in [1.82, 2.24) is 0 Å². The van der Waals surface area contributed by atoms with Gasteiger partial charge in [-0.25, -0.2) is 4.79 Å². The fraction of sp³-hybridized carbons (Fsp3) is 0.214. The highest BCUT2D eigenvalue weighted by Gasteiger charge is 2.25. The van der Waals surface area contributed by atoms with Crippen LogP contribution in [0.2, 0.25) is 0 Å². The van der Waals surface area contributed by atoms with E-state index in [1.54, 1.807) is 32.0 Å². The Morgan fingerprint density at radius 3 is 2.53 bits per heavy atom. The maximum atomic E-state index is 11.1. The first-order chi connectivity index (χ1) is 8.97. The van der Waals surface area contributed by atoms with Gasteiger partial charge in [0.15, 0.2) is 6.10 Å². The molecule has 3 aromatic rings. The summed E-state index contributed by atoms with van der Waals surface area (Å²) in [7, 11) is 0. The molecule has 0 radical (unpaired) electrons. The lowest BCUT2D eigenvalue weighted by Gasteiger charge is -2.07. The maximum Gasteiger partial charge on any atom is 0.337 e. The number of fused-ring (bicyclic) bond motifs is 2. The predicted octanol–water partition coefficient (Wildman–Crippen LogP) is 2.91. The van der Waals surface area contributed by atoms with Crippen LogP contribution in [0.1, 0.15) is 23.2 Å². The van der Waals surface area contributed by atoms with Crippen molar-refractivity contribution in [3.05, 3.63) is 35.3 Å². The fourth-order valence-electron chi connectivity index (χ4n) is 2.36. The molecule has 0 spiro atoms. The van der Waals surface area contributed by atoms with Gasteiger partial charge in [-0.3, -0.25) is 0 Å². The second-order valence-electron chi connectivity index (χ2n) is 4.58. The highest BCUT2D eigenvalue weighted by atomic mass is 16.4. The Kier molecular flexibility index (Phi) is 2.40. The monoisotopic (exact) mass is 260 g/mol. The topological polar surface area (TPSA) is 83.8 Å². The van der Waals surface area contributed by atoms with Crippen molar-refractivity contribution in [2.45, 2.75) is 20.0 Å². The van der Waals surface area contributed by atoms with E-state index in [4.69, 9.17) is 13.9 Å². The quantitative estimate of drug-likeness (QED) is 0.740. The van der Waals surface area contributed by atoms with Gasteiger partial charge in [-0.1, -0.05) is 0 Å². The smallest absolute Gasteiger partial charge is 0.337 e. The number of aliphatic carboxylic acids is 1. The van der Waals surface area contributed by atoms with Crippen molar-refractivity contribution < 1.29 is 23.8 Å². The van der Waals surface area contributed by atoms with Gasteiger partial charge in [0.25, 0.3) is 0 Å². The maximum absolute atomic E-state index is 11.1. The minimum atomic E-state index is -1.64. The molecule has 0 aliphatic rings. The van der Waals surface area contributed by atoms with E-state index in [-0.39, 0.29) is 5.56 Å². The average molecular weight is 260 g/mol. The van der Waals surface area contributed by atoms with E-state index >= 15 is 0 Å². The number of hydrogen-bond donors (Lipinski definition) is 2. The number of aryl methyl sites for hydroxylation is 2. The van der Waals surface area contributed by atoms with Crippen LogP contribution in [0.15, 0.2) is 27.0 Å². The molecular formula is C14H12O5. The van der Waals surface area contributed by atoms with Gasteiger partial charge >= 0.3 is 5.97 Å². The Labute approximate surface area is 108 Å². The number of benzene rings is 1. The van der Waals surface area contributed by atoms with Crippen LogP contribution in [0.4, 0.5) is 0 Å². The van der Waals surface area contributed by atoms with E-state index in [0.717, 1.165) is 5.39 Å². The molecule has 1 atom stereocenters. The highest BCUT2D eigenvalue weighted by Crippen LogP contribution is 2.36. The van der Waals surface area contributed by atoms with Crippen LogP contribution in [0.3, 0.4) is 0 Å². The molecule has 0 aliphatic heterocycles. The summed E-state index contributed by atoms with van der Waals surface area (Å²) in [6, 6.07) is 5.27. The molecule has 0 saturated heterocycles. The van der Waals surface area contributed by atoms with Crippen molar-refractivity contribution in [2.75, 3.05) is 0 Å². The molecule has 98 valence electrons. The van der Waals surface area contributed by atoms with Gasteiger partial charge in [0.2, 0.25) is 0 Å². The van der Waals surface area contributed by atoms with E-state index in [1.165, 1.54) is 0 Å². The molecule has 2 aromatic heterocycles. The standard InChI is InChI=1S/C14H12O5/c1-6-3-8-5-10-9(4-7(2)18-10)11(13(8)19-6)12(15)14(16)17/h3-5,12,15H,1-2H3,(H,16,17). The van der Waals surface area contributed by atoms with Crippen molar-refractivity contribution in [1.29, 1.82) is 0 Å². The molecule has 5 heteroatoms. The normalized spacial score (nSPS) is 13.2. The van der Waals surface area contributed by atoms with Gasteiger partial charge in [-0.05, 0) is 32.0 Å². The zero-order valence-corrected chi connectivity index (χ0v) is 10.4. The summed E-state index contributed by atoms with van der Waals surface area (Å²) < 4.78 is 11.0. The Morgan fingerprint density at radius 1 is 1.16 bits per heavy atom. The van der Waals surface area contributed by atoms with Crippen LogP contribution in [-0.2, 0) is 4.79 Å². The van der Waals surface area contributed by atoms with Gasteiger partial charge in [0, 0.05) is 16.3 Å². The zero-order chi connectivity index (χ0) is 13.7. The first kappa shape index (κ1) is 11.8. The second-order valence-corrected chi connectivity index (χ2v) is 4.58. The number of carboxylic acid groups (broad SMARTS) is 1. The zero-order valence-electron chi connectivity index (χ0n) is 10.4. The Bertz CT molecular complexity index is 738. The lowest BCUT2D eigenvalue weighted by atomic mass is 10.0. The van der Waals surface area contributed by atoms with E-state index < -0.39 is 12.1 Å². The van der Waals surface area contributed by atoms with Gasteiger partial charge < -0.3 is 19.0 Å². The molecular weight excluding hydrogens is 248 g/mol. The lowest BCUT2D eigenvalue weighted by molar-refractivity contribution is -0.146. The number of aliphatic hydroxyl groups excluding tert-OH is 1. The van der Waals surface area contributed by atoms with Crippen molar-refractivity contribution in [2.24, 2.45) is 0 Å². The number of carboxylic acids is 1. The number of rotatable bonds is 2. The molecule has 0 fully saturated rings. The summed E-state index contributed by atoms with van der Waals surface area (Å²) in [5.41, 5.74) is 1.17. The first-order valence-corrected chi connectivity index (χ1v) is 5.81. The van der Waals surface area contributed by atoms with Crippen LogP contribution in [-0.4, -0.2) is 16.2 Å². The highest BCUT2D eigenvalue weighted by molar-refractivity contribution is 6.01. The minimum Gasteiger partial charge on any atom is -0.479 e. The van der Waals surface area contributed by atoms with Crippen LogP contribution in [0.5, 0.6) is 0 Å². The predicted molar refractivity (Wildman–Crippen MR) is 68.1 cm³/mol. The Hall–Kier alpha value is -2.27. The van der Waals surface area contributed by atoms with E-state index in [0.29, 0.717) is 28.1 Å². The Balaban J connectivity index is 2.47. The van der Waals surface area contributed by atoms with Gasteiger partial charge in [0.05, 0.1) is 0 Å². The van der Waals surface area contributed by atoms with E-state index in [2.05, 4.69) is 0 Å². The third kappa shape index (κ3) is 1.70. The van der Waals surface area contributed by atoms with Gasteiger partial charge in [-0.2, -0.15) is 0 Å². The molecule has 19 heavy (non-hydrogen) atoms. The SMILES string of the molecule is Cc1cc2c(C(O)C(=O)O)c3oc(C)cc3cc2o1. The number of furan rings is 2. The van der Waals surface area contributed by atoms with Crippen LogP contribution < -0.4 is 0 Å². The van der Waals surface area contributed by atoms with Gasteiger partial charge in [0.1, 0.15) is 22.7 Å². The lowest BCUT2D eigenvalue weighted by Crippen LogP contribution is -2.11. The van der Waals surface area contributed by atoms with Crippen LogP contribution in [0, 0.1) is 13.8 Å². The molecule has 2 N–H and O–H groups in total. The third-order valence-electron chi connectivity index (χ3n) is 3.10. The molecule has 0 aliphatic carbocycles. The third-order valence-corrected chi connectivity index (χ3v) is 3.10. The summed E-state index contributed by atoms with van der Waals surface area (Å²) in [5, 5.41) is 20.2. The van der Waals surface area contributed by atoms with E-state index in [9.17, 15) is 9.90 Å².